The van der Waals surface area contributed by atoms with Crippen LogP contribution in [0.3, 0.4) is 0 Å². The first-order valence-corrected chi connectivity index (χ1v) is 5.55. The van der Waals surface area contributed by atoms with E-state index in [1.165, 1.54) is 6.07 Å². The molecule has 0 heterocycles. The molecule has 1 atom stereocenters. The van der Waals surface area contributed by atoms with Crippen LogP contribution in [0.15, 0.2) is 49.6 Å². The van der Waals surface area contributed by atoms with Gasteiger partial charge in [0.15, 0.2) is 0 Å². The number of benzene rings is 1. The van der Waals surface area contributed by atoms with Crippen LogP contribution in [-0.4, -0.2) is 29.6 Å². The molecule has 0 saturated heterocycles. The van der Waals surface area contributed by atoms with Crippen molar-refractivity contribution in [2.24, 2.45) is 0 Å². The molecule has 0 fully saturated rings. The van der Waals surface area contributed by atoms with Crippen molar-refractivity contribution in [3.05, 3.63) is 61.0 Å². The summed E-state index contributed by atoms with van der Waals surface area (Å²) in [6, 6.07) is 6.27. The molecule has 1 rings (SSSR count). The molecule has 0 aliphatic carbocycles. The van der Waals surface area contributed by atoms with Crippen molar-refractivity contribution in [1.29, 1.82) is 0 Å². The molecule has 0 amide bonds. The number of hydrogen-bond donors (Lipinski definition) is 1. The van der Waals surface area contributed by atoms with Crippen molar-refractivity contribution in [3.8, 4) is 0 Å². The van der Waals surface area contributed by atoms with Gasteiger partial charge in [-0.05, 0) is 6.07 Å². The second-order valence-electron chi connectivity index (χ2n) is 3.83. The van der Waals surface area contributed by atoms with Crippen molar-refractivity contribution < 1.29 is 9.50 Å². The van der Waals surface area contributed by atoms with E-state index in [1.807, 2.05) is 4.90 Å². The molecule has 17 heavy (non-hydrogen) atoms. The molecule has 1 aromatic carbocycles. The molecule has 92 valence electrons. The van der Waals surface area contributed by atoms with Crippen LogP contribution >= 0.6 is 0 Å². The first-order chi connectivity index (χ1) is 8.19. The maximum atomic E-state index is 13.4. The molecule has 0 saturated carbocycles. The zero-order chi connectivity index (χ0) is 12.7. The van der Waals surface area contributed by atoms with Crippen LogP contribution in [0.25, 0.3) is 0 Å². The Balaban J connectivity index is 2.69. The summed E-state index contributed by atoms with van der Waals surface area (Å²) in [6.45, 7) is 8.93. The minimum atomic E-state index is -0.837. The van der Waals surface area contributed by atoms with E-state index in [9.17, 15) is 9.50 Å². The Labute approximate surface area is 102 Å². The van der Waals surface area contributed by atoms with Crippen LogP contribution in [0.4, 0.5) is 4.39 Å². The average molecular weight is 235 g/mol. The van der Waals surface area contributed by atoms with Crippen molar-refractivity contribution in [1.82, 2.24) is 4.90 Å². The highest BCUT2D eigenvalue weighted by Gasteiger charge is 2.14. The maximum Gasteiger partial charge on any atom is 0.129 e. The van der Waals surface area contributed by atoms with Crippen LogP contribution in [0.2, 0.25) is 0 Å². The fourth-order valence-corrected chi connectivity index (χ4v) is 1.68. The molecule has 3 heteroatoms. The summed E-state index contributed by atoms with van der Waals surface area (Å²) in [5.41, 5.74) is 0.325. The summed E-state index contributed by atoms with van der Waals surface area (Å²) in [5.74, 6) is -0.378. The molecule has 1 N–H and O–H groups in total. The van der Waals surface area contributed by atoms with Gasteiger partial charge in [-0.2, -0.15) is 0 Å². The highest BCUT2D eigenvalue weighted by molar-refractivity contribution is 5.20. The molecule has 0 bridgehead atoms. The van der Waals surface area contributed by atoms with Gasteiger partial charge >= 0.3 is 0 Å². The third-order valence-electron chi connectivity index (χ3n) is 2.47. The summed E-state index contributed by atoms with van der Waals surface area (Å²) in [7, 11) is 0. The summed E-state index contributed by atoms with van der Waals surface area (Å²) in [4.78, 5) is 1.94. The lowest BCUT2D eigenvalue weighted by atomic mass is 10.1. The van der Waals surface area contributed by atoms with Crippen LogP contribution in [0.5, 0.6) is 0 Å². The lowest BCUT2D eigenvalue weighted by Gasteiger charge is -2.22. The third kappa shape index (κ3) is 4.13. The minimum Gasteiger partial charge on any atom is -0.387 e. The Morgan fingerprint density at radius 2 is 1.82 bits per heavy atom. The zero-order valence-corrected chi connectivity index (χ0v) is 9.85. The predicted molar refractivity (Wildman–Crippen MR) is 68.2 cm³/mol. The van der Waals surface area contributed by atoms with E-state index in [4.69, 9.17) is 0 Å². The van der Waals surface area contributed by atoms with Gasteiger partial charge < -0.3 is 5.11 Å². The van der Waals surface area contributed by atoms with Crippen LogP contribution in [-0.2, 0) is 0 Å². The average Bonchev–Trinajstić information content (AvgIpc) is 2.30. The Kier molecular flexibility index (Phi) is 5.60. The van der Waals surface area contributed by atoms with Gasteiger partial charge in [0, 0.05) is 25.2 Å². The molecule has 0 aliphatic rings. The van der Waals surface area contributed by atoms with E-state index in [2.05, 4.69) is 13.2 Å². The van der Waals surface area contributed by atoms with E-state index < -0.39 is 6.10 Å². The second-order valence-corrected chi connectivity index (χ2v) is 3.83. The summed E-state index contributed by atoms with van der Waals surface area (Å²) in [5, 5.41) is 9.97. The van der Waals surface area contributed by atoms with Crippen molar-refractivity contribution in [3.63, 3.8) is 0 Å². The van der Waals surface area contributed by atoms with Gasteiger partial charge in [0.2, 0.25) is 0 Å². The smallest absolute Gasteiger partial charge is 0.129 e. The van der Waals surface area contributed by atoms with Gasteiger partial charge in [0.05, 0.1) is 6.10 Å². The van der Waals surface area contributed by atoms with E-state index >= 15 is 0 Å². The van der Waals surface area contributed by atoms with Gasteiger partial charge in [-0.25, -0.2) is 4.39 Å². The van der Waals surface area contributed by atoms with Crippen molar-refractivity contribution in [2.45, 2.75) is 6.10 Å². The molecule has 2 nitrogen and oxygen atoms in total. The highest BCUT2D eigenvalue weighted by atomic mass is 19.1. The first-order valence-electron chi connectivity index (χ1n) is 5.55. The Morgan fingerprint density at radius 3 is 2.35 bits per heavy atom. The van der Waals surface area contributed by atoms with Crippen LogP contribution < -0.4 is 0 Å². The predicted octanol–water partition coefficient (Wildman–Crippen LogP) is 2.53. The molecule has 0 aliphatic heterocycles. The van der Waals surface area contributed by atoms with Gasteiger partial charge in [0.1, 0.15) is 5.82 Å². The Bertz CT molecular complexity index is 368. The zero-order valence-electron chi connectivity index (χ0n) is 9.85. The normalized spacial score (nSPS) is 12.4. The first kappa shape index (κ1) is 13.6. The Hall–Kier alpha value is -1.45. The van der Waals surface area contributed by atoms with E-state index in [0.29, 0.717) is 25.2 Å². The molecule has 1 unspecified atom stereocenters. The topological polar surface area (TPSA) is 23.5 Å². The molecular formula is C14H18FNO. The van der Waals surface area contributed by atoms with Crippen molar-refractivity contribution in [2.75, 3.05) is 19.6 Å². The monoisotopic (exact) mass is 235 g/mol. The van der Waals surface area contributed by atoms with Gasteiger partial charge in [0.25, 0.3) is 0 Å². The van der Waals surface area contributed by atoms with E-state index in [1.54, 1.807) is 30.4 Å². The van der Waals surface area contributed by atoms with Gasteiger partial charge in [-0.15, -0.1) is 13.2 Å². The molecule has 0 spiro atoms. The van der Waals surface area contributed by atoms with E-state index in [0.717, 1.165) is 0 Å². The standard InChI is InChI=1S/C14H18FNO/c1-3-9-16(10-4-2)11-14(17)12-7-5-6-8-13(12)15/h3-8,14,17H,1-2,9-11H2. The Morgan fingerprint density at radius 1 is 1.24 bits per heavy atom. The number of halogens is 1. The lowest BCUT2D eigenvalue weighted by molar-refractivity contribution is 0.122. The number of aliphatic hydroxyl groups excluding tert-OH is 1. The summed E-state index contributed by atoms with van der Waals surface area (Å²) < 4.78 is 13.4. The number of aliphatic hydroxyl groups is 1. The number of nitrogens with zero attached hydrogens (tertiary/aromatic N) is 1. The van der Waals surface area contributed by atoms with Crippen LogP contribution in [0.1, 0.15) is 11.7 Å². The minimum absolute atomic E-state index is 0.325. The van der Waals surface area contributed by atoms with Crippen LogP contribution in [0, 0.1) is 5.82 Å². The van der Waals surface area contributed by atoms with E-state index in [-0.39, 0.29) is 5.82 Å². The molecule has 0 radical (unpaired) electrons. The van der Waals surface area contributed by atoms with Gasteiger partial charge in [-0.3, -0.25) is 4.90 Å². The number of hydrogen-bond acceptors (Lipinski definition) is 2. The van der Waals surface area contributed by atoms with Crippen molar-refractivity contribution >= 4 is 0 Å². The lowest BCUT2D eigenvalue weighted by Crippen LogP contribution is -2.29. The third-order valence-corrected chi connectivity index (χ3v) is 2.47. The highest BCUT2D eigenvalue weighted by Crippen LogP contribution is 2.17. The number of rotatable bonds is 7. The quantitative estimate of drug-likeness (QED) is 0.734. The summed E-state index contributed by atoms with van der Waals surface area (Å²) >= 11 is 0. The molecule has 0 aromatic heterocycles. The van der Waals surface area contributed by atoms with Gasteiger partial charge in [-0.1, -0.05) is 30.4 Å². The fraction of sp³-hybridized carbons (Fsp3) is 0.286. The summed E-state index contributed by atoms with van der Waals surface area (Å²) in [6.07, 6.45) is 2.66. The second kappa shape index (κ2) is 6.99. The largest absolute Gasteiger partial charge is 0.387 e. The molecular weight excluding hydrogens is 217 g/mol. The SMILES string of the molecule is C=CCN(CC=C)CC(O)c1ccccc1F. The fourth-order valence-electron chi connectivity index (χ4n) is 1.68. The molecule has 1 aromatic rings. The maximum absolute atomic E-state index is 13.4.